The van der Waals surface area contributed by atoms with Crippen LogP contribution in [-0.2, 0) is 6.42 Å². The number of nitrogens with zero attached hydrogens (tertiary/aromatic N) is 1. The van der Waals surface area contributed by atoms with E-state index in [1.807, 2.05) is 6.20 Å². The van der Waals surface area contributed by atoms with Gasteiger partial charge in [-0.3, -0.25) is 4.98 Å². The van der Waals surface area contributed by atoms with E-state index in [2.05, 4.69) is 17.0 Å². The Morgan fingerprint density at radius 3 is 3.00 bits per heavy atom. The highest BCUT2D eigenvalue weighted by Gasteiger charge is 2.21. The molecule has 0 amide bonds. The first-order valence-electron chi connectivity index (χ1n) is 4.29. The lowest BCUT2D eigenvalue weighted by atomic mass is 10.1. The van der Waals surface area contributed by atoms with Crippen LogP contribution in [0.4, 0.5) is 0 Å². The maximum Gasteiger partial charge on any atom is 0.0428 e. The molecule has 1 heterocycles. The second-order valence-corrected chi connectivity index (χ2v) is 3.37. The Balaban J connectivity index is 2.15. The molecule has 0 unspecified atom stereocenters. The van der Waals surface area contributed by atoms with Crippen molar-refractivity contribution in [2.24, 2.45) is 5.92 Å². The molecule has 0 atom stereocenters. The van der Waals surface area contributed by atoms with E-state index in [1.54, 1.807) is 6.20 Å². The van der Waals surface area contributed by atoms with Crippen LogP contribution in [-0.4, -0.2) is 4.98 Å². The summed E-state index contributed by atoms with van der Waals surface area (Å²) in [6.45, 7) is 0. The lowest BCUT2D eigenvalue weighted by molar-refractivity contribution is 0.827. The lowest BCUT2D eigenvalue weighted by Crippen LogP contribution is -1.89. The summed E-state index contributed by atoms with van der Waals surface area (Å²) < 4.78 is 0. The third-order valence-electron chi connectivity index (χ3n) is 2.18. The fourth-order valence-electron chi connectivity index (χ4n) is 1.33. The molecule has 1 fully saturated rings. The molecule has 0 aromatic carbocycles. The van der Waals surface area contributed by atoms with Crippen LogP contribution < -0.4 is 0 Å². The first-order chi connectivity index (χ1) is 5.88. The number of hydrogen-bond donors (Lipinski definition) is 0. The van der Waals surface area contributed by atoms with Gasteiger partial charge in [0.2, 0.25) is 0 Å². The van der Waals surface area contributed by atoms with E-state index in [4.69, 9.17) is 6.42 Å². The largest absolute Gasteiger partial charge is 0.263 e. The van der Waals surface area contributed by atoms with Crippen molar-refractivity contribution < 1.29 is 0 Å². The molecule has 1 aliphatic rings. The molecule has 12 heavy (non-hydrogen) atoms. The normalized spacial score (nSPS) is 15.6. The van der Waals surface area contributed by atoms with Gasteiger partial charge in [-0.25, -0.2) is 0 Å². The molecular formula is C11H11N. The first kappa shape index (κ1) is 7.36. The summed E-state index contributed by atoms with van der Waals surface area (Å²) in [5.41, 5.74) is 2.18. The molecule has 0 radical (unpaired) electrons. The molecule has 1 saturated carbocycles. The summed E-state index contributed by atoms with van der Waals surface area (Å²) in [5.74, 6) is 3.50. The maximum absolute atomic E-state index is 5.28. The van der Waals surface area contributed by atoms with Gasteiger partial charge in [0.05, 0.1) is 0 Å². The van der Waals surface area contributed by atoms with Crippen molar-refractivity contribution in [1.82, 2.24) is 4.98 Å². The van der Waals surface area contributed by atoms with Gasteiger partial charge in [0.1, 0.15) is 0 Å². The molecule has 0 saturated heterocycles. The Labute approximate surface area is 72.8 Å². The number of pyridine rings is 1. The average Bonchev–Trinajstić information content (AvgIpc) is 2.89. The predicted octanol–water partition coefficient (Wildman–Crippen LogP) is 2.02. The lowest BCUT2D eigenvalue weighted by Gasteiger charge is -1.98. The van der Waals surface area contributed by atoms with Crippen LogP contribution in [0.15, 0.2) is 18.5 Å². The smallest absolute Gasteiger partial charge is 0.0428 e. The monoisotopic (exact) mass is 157 g/mol. The van der Waals surface area contributed by atoms with Crippen LogP contribution in [0.3, 0.4) is 0 Å². The quantitative estimate of drug-likeness (QED) is 0.598. The van der Waals surface area contributed by atoms with Crippen LogP contribution in [0.1, 0.15) is 24.0 Å². The summed E-state index contributed by atoms with van der Waals surface area (Å²) in [6.07, 6.45) is 12.8. The zero-order valence-electron chi connectivity index (χ0n) is 6.96. The molecule has 1 aliphatic carbocycles. The minimum absolute atomic E-state index is 0.896. The molecule has 0 spiro atoms. The van der Waals surface area contributed by atoms with E-state index in [9.17, 15) is 0 Å². The molecule has 0 bridgehead atoms. The van der Waals surface area contributed by atoms with Gasteiger partial charge >= 0.3 is 0 Å². The van der Waals surface area contributed by atoms with Crippen molar-refractivity contribution in [2.45, 2.75) is 19.3 Å². The molecule has 1 aromatic heterocycles. The fourth-order valence-corrected chi connectivity index (χ4v) is 1.33. The second-order valence-electron chi connectivity index (χ2n) is 3.37. The number of rotatable bonds is 2. The molecule has 1 aromatic rings. The van der Waals surface area contributed by atoms with Gasteiger partial charge in [0.25, 0.3) is 0 Å². The van der Waals surface area contributed by atoms with Crippen LogP contribution in [0.5, 0.6) is 0 Å². The van der Waals surface area contributed by atoms with E-state index < -0.39 is 0 Å². The summed E-state index contributed by atoms with van der Waals surface area (Å²) in [5, 5.41) is 0. The van der Waals surface area contributed by atoms with Crippen LogP contribution in [0.25, 0.3) is 0 Å². The van der Waals surface area contributed by atoms with Gasteiger partial charge in [0, 0.05) is 18.0 Å². The van der Waals surface area contributed by atoms with Crippen molar-refractivity contribution >= 4 is 0 Å². The molecule has 1 heteroatoms. The van der Waals surface area contributed by atoms with E-state index in [1.165, 1.54) is 18.4 Å². The molecule has 2 rings (SSSR count). The van der Waals surface area contributed by atoms with Gasteiger partial charge in [-0.05, 0) is 36.8 Å². The Morgan fingerprint density at radius 2 is 2.33 bits per heavy atom. The minimum atomic E-state index is 0.896. The standard InChI is InChI=1S/C11H11N/c1-2-9-5-11(8-12-7-9)6-10-3-4-10/h1,5,7-8,10H,3-4,6H2. The van der Waals surface area contributed by atoms with Gasteiger partial charge in [-0.15, -0.1) is 6.42 Å². The summed E-state index contributed by atoms with van der Waals surface area (Å²) >= 11 is 0. The van der Waals surface area contributed by atoms with E-state index in [0.29, 0.717) is 0 Å². The molecule has 0 aliphatic heterocycles. The van der Waals surface area contributed by atoms with E-state index in [0.717, 1.165) is 17.9 Å². The maximum atomic E-state index is 5.28. The number of terminal acetylenes is 1. The van der Waals surface area contributed by atoms with Crippen molar-refractivity contribution in [3.63, 3.8) is 0 Å². The Kier molecular flexibility index (Phi) is 1.83. The van der Waals surface area contributed by atoms with Gasteiger partial charge < -0.3 is 0 Å². The van der Waals surface area contributed by atoms with Crippen molar-refractivity contribution in [1.29, 1.82) is 0 Å². The SMILES string of the molecule is C#Cc1cncc(CC2CC2)c1. The van der Waals surface area contributed by atoms with Crippen molar-refractivity contribution in [3.05, 3.63) is 29.6 Å². The third kappa shape index (κ3) is 1.65. The first-order valence-corrected chi connectivity index (χ1v) is 4.29. The average molecular weight is 157 g/mol. The second kappa shape index (κ2) is 2.98. The highest BCUT2D eigenvalue weighted by atomic mass is 14.6. The molecule has 1 nitrogen and oxygen atoms in total. The Bertz CT molecular complexity index is 318. The Hall–Kier alpha value is -1.29. The van der Waals surface area contributed by atoms with Gasteiger partial charge in [0.15, 0.2) is 0 Å². The van der Waals surface area contributed by atoms with Crippen LogP contribution in [0, 0.1) is 18.3 Å². The highest BCUT2D eigenvalue weighted by molar-refractivity contribution is 5.32. The molecular weight excluding hydrogens is 146 g/mol. The topological polar surface area (TPSA) is 12.9 Å². The van der Waals surface area contributed by atoms with Crippen molar-refractivity contribution in [2.75, 3.05) is 0 Å². The fraction of sp³-hybridized carbons (Fsp3) is 0.364. The Morgan fingerprint density at radius 1 is 1.50 bits per heavy atom. The summed E-state index contributed by atoms with van der Waals surface area (Å²) in [6, 6.07) is 2.06. The number of hydrogen-bond acceptors (Lipinski definition) is 1. The van der Waals surface area contributed by atoms with Gasteiger partial charge in [-0.2, -0.15) is 0 Å². The van der Waals surface area contributed by atoms with E-state index in [-0.39, 0.29) is 0 Å². The minimum Gasteiger partial charge on any atom is -0.263 e. The molecule has 60 valence electrons. The zero-order chi connectivity index (χ0) is 8.39. The van der Waals surface area contributed by atoms with Crippen LogP contribution in [0.2, 0.25) is 0 Å². The van der Waals surface area contributed by atoms with Gasteiger partial charge in [-0.1, -0.05) is 5.92 Å². The number of aromatic nitrogens is 1. The summed E-state index contributed by atoms with van der Waals surface area (Å²) in [7, 11) is 0. The predicted molar refractivity (Wildman–Crippen MR) is 48.6 cm³/mol. The van der Waals surface area contributed by atoms with E-state index >= 15 is 0 Å². The van der Waals surface area contributed by atoms with Crippen molar-refractivity contribution in [3.8, 4) is 12.3 Å². The van der Waals surface area contributed by atoms with Crippen LogP contribution >= 0.6 is 0 Å². The third-order valence-corrected chi connectivity index (χ3v) is 2.18. The molecule has 0 N–H and O–H groups in total. The highest BCUT2D eigenvalue weighted by Crippen LogP contribution is 2.32. The zero-order valence-corrected chi connectivity index (χ0v) is 6.96. The summed E-state index contributed by atoms with van der Waals surface area (Å²) in [4.78, 5) is 4.09.